The molecule has 2 aliphatic carbocycles. The van der Waals surface area contributed by atoms with Crippen molar-refractivity contribution in [2.24, 2.45) is 23.7 Å². The van der Waals surface area contributed by atoms with Crippen LogP contribution in [0.5, 0.6) is 0 Å². The van der Waals surface area contributed by atoms with Gasteiger partial charge in [0, 0.05) is 25.7 Å². The van der Waals surface area contributed by atoms with Gasteiger partial charge in [-0.2, -0.15) is 0 Å². The zero-order valence-electron chi connectivity index (χ0n) is 14.9. The fourth-order valence-corrected chi connectivity index (χ4v) is 4.89. The molecule has 2 N–H and O–H groups in total. The van der Waals surface area contributed by atoms with E-state index < -0.39 is 17.8 Å². The van der Waals surface area contributed by atoms with Gasteiger partial charge in [0.05, 0.1) is 11.8 Å². The normalized spacial score (nSPS) is 31.2. The Morgan fingerprint density at radius 1 is 1.04 bits per heavy atom. The second kappa shape index (κ2) is 7.23. The molecule has 5 heteroatoms. The summed E-state index contributed by atoms with van der Waals surface area (Å²) < 4.78 is 0. The number of nitrogens with zero attached hydrogens (tertiary/aromatic N) is 1. The highest BCUT2D eigenvalue weighted by Gasteiger charge is 2.51. The summed E-state index contributed by atoms with van der Waals surface area (Å²) in [6.45, 7) is 2.86. The Morgan fingerprint density at radius 2 is 1.69 bits per heavy atom. The maximum atomic E-state index is 12.8. The van der Waals surface area contributed by atoms with Gasteiger partial charge in [0.25, 0.3) is 0 Å². The number of allylic oxidation sites excluding steroid dienone is 2. The molecule has 26 heavy (non-hydrogen) atoms. The predicted octanol–water partition coefficient (Wildman–Crippen LogP) is 2.29. The molecule has 1 saturated heterocycles. The van der Waals surface area contributed by atoms with Crippen molar-refractivity contribution < 1.29 is 14.7 Å². The molecule has 1 aromatic rings. The number of piperidine rings is 1. The molecule has 0 aromatic heterocycles. The lowest BCUT2D eigenvalue weighted by molar-refractivity contribution is -0.148. The van der Waals surface area contributed by atoms with E-state index in [9.17, 15) is 14.7 Å². The van der Waals surface area contributed by atoms with E-state index in [2.05, 4.69) is 34.5 Å². The Labute approximate surface area is 154 Å². The van der Waals surface area contributed by atoms with E-state index in [1.807, 2.05) is 18.2 Å². The molecular weight excluding hydrogens is 328 g/mol. The molecule has 1 saturated carbocycles. The highest BCUT2D eigenvalue weighted by Crippen LogP contribution is 2.48. The number of hydrogen-bond donors (Lipinski definition) is 2. The van der Waals surface area contributed by atoms with Crippen LogP contribution in [0.2, 0.25) is 0 Å². The van der Waals surface area contributed by atoms with E-state index in [0.717, 1.165) is 38.9 Å². The summed E-state index contributed by atoms with van der Waals surface area (Å²) in [5.41, 5.74) is 1.31. The smallest absolute Gasteiger partial charge is 0.307 e. The van der Waals surface area contributed by atoms with Crippen LogP contribution in [0.3, 0.4) is 0 Å². The molecule has 1 heterocycles. The van der Waals surface area contributed by atoms with Gasteiger partial charge in [-0.25, -0.2) is 0 Å². The van der Waals surface area contributed by atoms with Crippen molar-refractivity contribution in [2.75, 3.05) is 13.1 Å². The van der Waals surface area contributed by atoms with Crippen LogP contribution in [0, 0.1) is 23.7 Å². The largest absolute Gasteiger partial charge is 0.481 e. The van der Waals surface area contributed by atoms with Crippen LogP contribution in [-0.4, -0.2) is 41.0 Å². The maximum absolute atomic E-state index is 12.8. The lowest BCUT2D eigenvalue weighted by Crippen LogP contribution is -2.48. The zero-order valence-corrected chi connectivity index (χ0v) is 14.9. The van der Waals surface area contributed by atoms with E-state index in [1.165, 1.54) is 5.56 Å². The third kappa shape index (κ3) is 3.40. The quantitative estimate of drug-likeness (QED) is 0.796. The average molecular weight is 354 g/mol. The van der Waals surface area contributed by atoms with Gasteiger partial charge < -0.3 is 10.4 Å². The highest BCUT2D eigenvalue weighted by molar-refractivity contribution is 5.87. The van der Waals surface area contributed by atoms with E-state index in [-0.39, 0.29) is 23.8 Å². The number of rotatable bonds is 5. The standard InChI is InChI=1S/C21H26N2O3/c24-20(18-15-6-7-16(12-15)19(18)21(25)26)22-17-8-10-23(11-9-17)13-14-4-2-1-3-5-14/h1-7,15-19H,8-13H2,(H,22,24)(H,25,26)/t15-,16-,18+,19+/m0/s1. The average Bonchev–Trinajstić information content (AvgIpc) is 3.25. The number of hydrogen-bond acceptors (Lipinski definition) is 3. The summed E-state index contributed by atoms with van der Waals surface area (Å²) in [5, 5.41) is 12.7. The zero-order chi connectivity index (χ0) is 18.1. The molecule has 1 amide bonds. The number of carbonyl (C=O) groups excluding carboxylic acids is 1. The third-order valence-electron chi connectivity index (χ3n) is 6.23. The fraction of sp³-hybridized carbons (Fsp3) is 0.524. The molecule has 1 aliphatic heterocycles. The number of carbonyl (C=O) groups is 2. The van der Waals surface area contributed by atoms with Crippen LogP contribution >= 0.6 is 0 Å². The minimum Gasteiger partial charge on any atom is -0.481 e. The maximum Gasteiger partial charge on any atom is 0.307 e. The molecule has 1 aromatic carbocycles. The van der Waals surface area contributed by atoms with Gasteiger partial charge in [-0.05, 0) is 36.7 Å². The first-order valence-electron chi connectivity index (χ1n) is 9.59. The Kier molecular flexibility index (Phi) is 4.81. The molecule has 0 unspecified atom stereocenters. The Balaban J connectivity index is 1.30. The van der Waals surface area contributed by atoms with E-state index in [4.69, 9.17) is 0 Å². The number of nitrogens with one attached hydrogen (secondary N) is 1. The van der Waals surface area contributed by atoms with Gasteiger partial charge in [-0.15, -0.1) is 0 Å². The molecule has 2 fully saturated rings. The van der Waals surface area contributed by atoms with Crippen LogP contribution in [0.15, 0.2) is 42.5 Å². The molecule has 5 nitrogen and oxygen atoms in total. The summed E-state index contributed by atoms with van der Waals surface area (Å²) in [6, 6.07) is 10.6. The molecule has 4 atom stereocenters. The van der Waals surface area contributed by atoms with Crippen molar-refractivity contribution in [1.29, 1.82) is 0 Å². The third-order valence-corrected chi connectivity index (χ3v) is 6.23. The Bertz CT molecular complexity index is 694. The lowest BCUT2D eigenvalue weighted by atomic mass is 9.82. The lowest BCUT2D eigenvalue weighted by Gasteiger charge is -2.34. The summed E-state index contributed by atoms with van der Waals surface area (Å²) in [4.78, 5) is 26.8. The number of amides is 1. The summed E-state index contributed by atoms with van der Waals surface area (Å²) in [6.07, 6.45) is 6.68. The monoisotopic (exact) mass is 354 g/mol. The Hall–Kier alpha value is -2.14. The summed E-state index contributed by atoms with van der Waals surface area (Å²) >= 11 is 0. The summed E-state index contributed by atoms with van der Waals surface area (Å²) in [5.74, 6) is -1.72. The second-order valence-electron chi connectivity index (χ2n) is 7.88. The van der Waals surface area contributed by atoms with Crippen LogP contribution in [0.1, 0.15) is 24.8 Å². The van der Waals surface area contributed by atoms with E-state index in [1.54, 1.807) is 0 Å². The number of carboxylic acids is 1. The molecule has 0 radical (unpaired) electrons. The van der Waals surface area contributed by atoms with Gasteiger partial charge in [-0.3, -0.25) is 14.5 Å². The molecule has 3 aliphatic rings. The minimum absolute atomic E-state index is 0.0287. The van der Waals surface area contributed by atoms with Gasteiger partial charge in [-0.1, -0.05) is 42.5 Å². The first kappa shape index (κ1) is 17.3. The number of likely N-dealkylation sites (tertiary alicyclic amines) is 1. The molecule has 2 bridgehead atoms. The minimum atomic E-state index is -0.834. The first-order valence-corrected chi connectivity index (χ1v) is 9.59. The fourth-order valence-electron chi connectivity index (χ4n) is 4.89. The van der Waals surface area contributed by atoms with Gasteiger partial charge in [0.1, 0.15) is 0 Å². The molecule has 138 valence electrons. The number of carboxylic acid groups (broad SMARTS) is 1. The number of fused-ring (bicyclic) bond motifs is 2. The van der Waals surface area contributed by atoms with Crippen molar-refractivity contribution in [3.8, 4) is 0 Å². The number of aliphatic carboxylic acids is 1. The van der Waals surface area contributed by atoms with Gasteiger partial charge >= 0.3 is 5.97 Å². The van der Waals surface area contributed by atoms with E-state index in [0.29, 0.717) is 0 Å². The van der Waals surface area contributed by atoms with Crippen LogP contribution in [0.4, 0.5) is 0 Å². The van der Waals surface area contributed by atoms with Crippen LogP contribution < -0.4 is 5.32 Å². The van der Waals surface area contributed by atoms with Crippen LogP contribution in [0.25, 0.3) is 0 Å². The van der Waals surface area contributed by atoms with Crippen LogP contribution in [-0.2, 0) is 16.1 Å². The highest BCUT2D eigenvalue weighted by atomic mass is 16.4. The van der Waals surface area contributed by atoms with Crippen molar-refractivity contribution in [3.05, 3.63) is 48.0 Å². The second-order valence-corrected chi connectivity index (χ2v) is 7.88. The van der Waals surface area contributed by atoms with Crippen molar-refractivity contribution in [3.63, 3.8) is 0 Å². The van der Waals surface area contributed by atoms with Crippen molar-refractivity contribution in [2.45, 2.75) is 31.8 Å². The van der Waals surface area contributed by atoms with Crippen molar-refractivity contribution in [1.82, 2.24) is 10.2 Å². The molecule has 0 spiro atoms. The molecular formula is C21H26N2O3. The SMILES string of the molecule is O=C(O)[C@H]1[C@H](C(=O)NC2CCN(Cc3ccccc3)CC2)[C@H]2C=C[C@H]1C2. The van der Waals surface area contributed by atoms with Crippen molar-refractivity contribution >= 4 is 11.9 Å². The first-order chi connectivity index (χ1) is 12.6. The predicted molar refractivity (Wildman–Crippen MR) is 98.2 cm³/mol. The van der Waals surface area contributed by atoms with Gasteiger partial charge in [0.2, 0.25) is 5.91 Å². The summed E-state index contributed by atoms with van der Waals surface area (Å²) in [7, 11) is 0. The molecule has 4 rings (SSSR count). The Morgan fingerprint density at radius 3 is 2.35 bits per heavy atom. The van der Waals surface area contributed by atoms with E-state index >= 15 is 0 Å². The van der Waals surface area contributed by atoms with Gasteiger partial charge in [0.15, 0.2) is 0 Å². The number of benzene rings is 1. The topological polar surface area (TPSA) is 69.6 Å².